The molecule has 0 spiro atoms. The number of nitrogens with zero attached hydrogens (tertiary/aromatic N) is 4. The van der Waals surface area contributed by atoms with Crippen molar-refractivity contribution in [3.8, 4) is 11.4 Å². The van der Waals surface area contributed by atoms with Crippen LogP contribution in [0.3, 0.4) is 0 Å². The van der Waals surface area contributed by atoms with Crippen LogP contribution in [0.15, 0.2) is 30.6 Å². The molecule has 1 fully saturated rings. The van der Waals surface area contributed by atoms with Gasteiger partial charge in [-0.15, -0.1) is 5.10 Å². The van der Waals surface area contributed by atoms with Crippen molar-refractivity contribution in [1.82, 2.24) is 30.5 Å². The second kappa shape index (κ2) is 9.11. The molecule has 2 aromatic rings. The fourth-order valence-electron chi connectivity index (χ4n) is 2.83. The molecule has 1 aromatic heterocycles. The average Bonchev–Trinajstić information content (AvgIpc) is 3.15. The molecule has 10 nitrogen and oxygen atoms in total. The van der Waals surface area contributed by atoms with E-state index in [-0.39, 0.29) is 19.1 Å². The van der Waals surface area contributed by atoms with Crippen LogP contribution in [-0.2, 0) is 19.1 Å². The van der Waals surface area contributed by atoms with E-state index >= 15 is 0 Å². The fraction of sp³-hybridized carbons (Fsp3) is 0.316. The Kier molecular flexibility index (Phi) is 6.35. The number of benzene rings is 1. The van der Waals surface area contributed by atoms with Gasteiger partial charge in [-0.25, -0.2) is 9.67 Å². The minimum atomic E-state index is -0.546. The Balaban J connectivity index is 1.50. The molecule has 29 heavy (non-hydrogen) atoms. The molecular weight excluding hydrogens is 376 g/mol. The number of aromatic nitrogens is 3. The monoisotopic (exact) mass is 398 g/mol. The molecule has 0 radical (unpaired) electrons. The lowest BCUT2D eigenvalue weighted by atomic mass is 10.1. The Bertz CT molecular complexity index is 932. The van der Waals surface area contributed by atoms with Gasteiger partial charge in [-0.05, 0) is 26.0 Å². The van der Waals surface area contributed by atoms with Crippen LogP contribution in [0.25, 0.3) is 17.6 Å². The van der Waals surface area contributed by atoms with Crippen LogP contribution in [-0.4, -0.2) is 63.7 Å². The number of morpholine rings is 1. The lowest BCUT2D eigenvalue weighted by Crippen LogP contribution is -2.50. The fourth-order valence-corrected chi connectivity index (χ4v) is 2.83. The molecule has 0 saturated carbocycles. The number of hydrazine groups is 1. The van der Waals surface area contributed by atoms with E-state index in [0.717, 1.165) is 16.7 Å². The summed E-state index contributed by atoms with van der Waals surface area (Å²) in [5.41, 5.74) is 7.63. The number of carbonyl (C=O) groups is 3. The van der Waals surface area contributed by atoms with Crippen molar-refractivity contribution in [2.45, 2.75) is 13.8 Å². The molecule has 152 valence electrons. The van der Waals surface area contributed by atoms with Crippen molar-refractivity contribution in [2.75, 3.05) is 26.3 Å². The van der Waals surface area contributed by atoms with Gasteiger partial charge < -0.3 is 9.64 Å². The predicted octanol–water partition coefficient (Wildman–Crippen LogP) is 0.0388. The van der Waals surface area contributed by atoms with Crippen LogP contribution >= 0.6 is 0 Å². The van der Waals surface area contributed by atoms with Crippen molar-refractivity contribution in [1.29, 1.82) is 0 Å². The summed E-state index contributed by atoms with van der Waals surface area (Å²) >= 11 is 0. The lowest BCUT2D eigenvalue weighted by molar-refractivity contribution is -0.146. The summed E-state index contributed by atoms with van der Waals surface area (Å²) in [6.07, 6.45) is 4.12. The highest BCUT2D eigenvalue weighted by molar-refractivity contribution is 5.92. The van der Waals surface area contributed by atoms with E-state index in [1.807, 2.05) is 26.0 Å². The molecule has 0 bridgehead atoms. The molecule has 2 heterocycles. The first-order chi connectivity index (χ1) is 13.9. The molecule has 3 rings (SSSR count). The first kappa shape index (κ1) is 20.2. The number of hydrogen-bond donors (Lipinski definition) is 2. The molecule has 1 aliphatic heterocycles. The van der Waals surface area contributed by atoms with E-state index in [1.54, 1.807) is 0 Å². The highest BCUT2D eigenvalue weighted by atomic mass is 16.5. The van der Waals surface area contributed by atoms with Gasteiger partial charge in [0, 0.05) is 24.4 Å². The number of amides is 3. The largest absolute Gasteiger partial charge is 0.370 e. The summed E-state index contributed by atoms with van der Waals surface area (Å²) in [7, 11) is 0. The van der Waals surface area contributed by atoms with Gasteiger partial charge >= 0.3 is 0 Å². The zero-order valence-corrected chi connectivity index (χ0v) is 16.2. The predicted molar refractivity (Wildman–Crippen MR) is 104 cm³/mol. The van der Waals surface area contributed by atoms with Crippen molar-refractivity contribution in [3.05, 3.63) is 41.7 Å². The van der Waals surface area contributed by atoms with E-state index in [2.05, 4.69) is 27.0 Å². The third-order valence-electron chi connectivity index (χ3n) is 4.11. The molecule has 0 atom stereocenters. The van der Waals surface area contributed by atoms with Gasteiger partial charge in [0.25, 0.3) is 11.8 Å². The van der Waals surface area contributed by atoms with E-state index in [4.69, 9.17) is 4.74 Å². The van der Waals surface area contributed by atoms with E-state index in [0.29, 0.717) is 19.0 Å². The van der Waals surface area contributed by atoms with E-state index < -0.39 is 11.8 Å². The van der Waals surface area contributed by atoms with Crippen molar-refractivity contribution in [2.24, 2.45) is 0 Å². The molecular formula is C19H22N6O4. The van der Waals surface area contributed by atoms with E-state index in [1.165, 1.54) is 28.2 Å². The van der Waals surface area contributed by atoms with Crippen LogP contribution in [0.4, 0.5) is 0 Å². The number of aryl methyl sites for hydroxylation is 2. The third-order valence-corrected chi connectivity index (χ3v) is 4.11. The van der Waals surface area contributed by atoms with Crippen molar-refractivity contribution >= 4 is 23.9 Å². The summed E-state index contributed by atoms with van der Waals surface area (Å²) in [5, 5.41) is 4.31. The first-order valence-electron chi connectivity index (χ1n) is 9.03. The zero-order chi connectivity index (χ0) is 20.8. The van der Waals surface area contributed by atoms with E-state index in [9.17, 15) is 14.4 Å². The molecule has 10 heteroatoms. The minimum absolute atomic E-state index is 0.0373. The van der Waals surface area contributed by atoms with Crippen molar-refractivity contribution < 1.29 is 19.1 Å². The lowest BCUT2D eigenvalue weighted by Gasteiger charge is -2.25. The minimum Gasteiger partial charge on any atom is -0.370 e. The van der Waals surface area contributed by atoms with Gasteiger partial charge in [0.1, 0.15) is 19.5 Å². The highest BCUT2D eigenvalue weighted by Crippen LogP contribution is 2.18. The Labute approximate surface area is 167 Å². The third kappa shape index (κ3) is 5.72. The summed E-state index contributed by atoms with van der Waals surface area (Å²) in [6, 6.07) is 6.03. The van der Waals surface area contributed by atoms with Gasteiger partial charge in [-0.3, -0.25) is 25.2 Å². The van der Waals surface area contributed by atoms with Gasteiger partial charge in [0.15, 0.2) is 5.82 Å². The number of nitrogens with one attached hydrogen (secondary N) is 2. The smallest absolute Gasteiger partial charge is 0.263 e. The molecule has 1 saturated heterocycles. The maximum Gasteiger partial charge on any atom is 0.263 e. The highest BCUT2D eigenvalue weighted by Gasteiger charge is 2.20. The topological polar surface area (TPSA) is 118 Å². The van der Waals surface area contributed by atoms with Crippen LogP contribution in [0.2, 0.25) is 0 Å². The molecule has 0 aliphatic carbocycles. The van der Waals surface area contributed by atoms with Crippen molar-refractivity contribution in [3.63, 3.8) is 0 Å². The second-order valence-corrected chi connectivity index (χ2v) is 6.65. The summed E-state index contributed by atoms with van der Waals surface area (Å²) in [5.74, 6) is -0.760. The SMILES string of the molecule is Cc1cc(C)cc(-c2ncn(/C=C\C(=O)NNC(=O)CN3CCOCC3=O)n2)c1. The standard InChI is InChI=1S/C19H22N6O4/c1-13-7-14(2)9-15(8-13)19-20-12-25(23-19)4-3-16(26)21-22-17(27)10-24-5-6-29-11-18(24)28/h3-4,7-9,12H,5-6,10-11H2,1-2H3,(H,21,26)(H,22,27)/b4-3-. The maximum atomic E-state index is 11.9. The second-order valence-electron chi connectivity index (χ2n) is 6.65. The average molecular weight is 398 g/mol. The molecule has 0 unspecified atom stereocenters. The Morgan fingerprint density at radius 2 is 1.97 bits per heavy atom. The Hall–Kier alpha value is -3.53. The first-order valence-corrected chi connectivity index (χ1v) is 9.03. The Morgan fingerprint density at radius 1 is 1.21 bits per heavy atom. The summed E-state index contributed by atoms with van der Waals surface area (Å²) in [4.78, 5) is 40.9. The number of rotatable bonds is 5. The van der Waals surface area contributed by atoms with Crippen LogP contribution in [0.5, 0.6) is 0 Å². The normalized spacial score (nSPS) is 14.3. The quantitative estimate of drug-likeness (QED) is 0.542. The number of carbonyl (C=O) groups excluding carboxylic acids is 3. The maximum absolute atomic E-state index is 11.9. The summed E-state index contributed by atoms with van der Waals surface area (Å²) < 4.78 is 6.40. The van der Waals surface area contributed by atoms with Gasteiger partial charge in [0.2, 0.25) is 5.91 Å². The Morgan fingerprint density at radius 3 is 2.69 bits per heavy atom. The van der Waals surface area contributed by atoms with Crippen LogP contribution < -0.4 is 10.9 Å². The summed E-state index contributed by atoms with van der Waals surface area (Å²) in [6.45, 7) is 4.55. The van der Waals surface area contributed by atoms with Gasteiger partial charge in [-0.1, -0.05) is 17.2 Å². The van der Waals surface area contributed by atoms with Crippen LogP contribution in [0.1, 0.15) is 11.1 Å². The van der Waals surface area contributed by atoms with Gasteiger partial charge in [-0.2, -0.15) is 0 Å². The number of hydrogen-bond acceptors (Lipinski definition) is 6. The molecule has 1 aromatic carbocycles. The number of ether oxygens (including phenoxy) is 1. The molecule has 2 N–H and O–H groups in total. The van der Waals surface area contributed by atoms with Crippen LogP contribution in [0, 0.1) is 13.8 Å². The molecule has 3 amide bonds. The zero-order valence-electron chi connectivity index (χ0n) is 16.2. The molecule has 1 aliphatic rings. The van der Waals surface area contributed by atoms with Gasteiger partial charge in [0.05, 0.1) is 6.61 Å².